The van der Waals surface area contributed by atoms with Gasteiger partial charge in [0.25, 0.3) is 0 Å². The van der Waals surface area contributed by atoms with Gasteiger partial charge in [-0.05, 0) is 54.9 Å². The molecule has 4 heteroatoms. The van der Waals surface area contributed by atoms with Gasteiger partial charge in [0.15, 0.2) is 0 Å². The highest BCUT2D eigenvalue weighted by Gasteiger charge is 2.48. The third-order valence-electron chi connectivity index (χ3n) is 6.72. The second-order valence-electron chi connectivity index (χ2n) is 7.78. The van der Waals surface area contributed by atoms with Crippen molar-refractivity contribution in [3.63, 3.8) is 0 Å². The van der Waals surface area contributed by atoms with Crippen molar-refractivity contribution in [3.8, 4) is 5.75 Å². The highest BCUT2D eigenvalue weighted by atomic mass is 79.9. The molecule has 130 valence electrons. The molecule has 4 aliphatic rings. The van der Waals surface area contributed by atoms with Gasteiger partial charge in [-0.3, -0.25) is 4.90 Å². The Kier molecular flexibility index (Phi) is 4.16. The molecule has 4 heterocycles. The molecule has 1 aromatic heterocycles. The lowest BCUT2D eigenvalue weighted by Crippen LogP contribution is -2.56. The Morgan fingerprint density at radius 2 is 2.17 bits per heavy atom. The maximum absolute atomic E-state index is 5.46. The number of nitrogens with one attached hydrogen (secondary N) is 1. The summed E-state index contributed by atoms with van der Waals surface area (Å²) in [5, 5.41) is 1.39. The van der Waals surface area contributed by atoms with E-state index in [0.717, 1.165) is 23.6 Å². The molecule has 0 radical (unpaired) electrons. The van der Waals surface area contributed by atoms with Crippen molar-refractivity contribution in [2.75, 3.05) is 20.2 Å². The maximum atomic E-state index is 5.46. The van der Waals surface area contributed by atoms with Crippen LogP contribution >= 0.6 is 17.0 Å². The van der Waals surface area contributed by atoms with Crippen LogP contribution < -0.4 is 4.74 Å². The second-order valence-corrected chi connectivity index (χ2v) is 7.78. The topological polar surface area (TPSA) is 28.3 Å². The van der Waals surface area contributed by atoms with Gasteiger partial charge < -0.3 is 9.72 Å². The van der Waals surface area contributed by atoms with Crippen LogP contribution in [0, 0.1) is 11.8 Å². The number of aromatic nitrogens is 1. The molecule has 3 aliphatic heterocycles. The molecular formula is C20H27BrN2O. The summed E-state index contributed by atoms with van der Waals surface area (Å²) in [6, 6.07) is 7.26. The summed E-state index contributed by atoms with van der Waals surface area (Å²) < 4.78 is 5.46. The number of halogens is 1. The Balaban J connectivity index is 0.00000146. The highest BCUT2D eigenvalue weighted by Crippen LogP contribution is 2.51. The number of nitrogens with zero attached hydrogens (tertiary/aromatic N) is 1. The first-order valence-electron chi connectivity index (χ1n) is 9.21. The number of methoxy groups -OCH3 is 1. The van der Waals surface area contributed by atoms with Crippen LogP contribution in [0.5, 0.6) is 5.75 Å². The molecule has 3 nitrogen and oxygen atoms in total. The van der Waals surface area contributed by atoms with E-state index in [2.05, 4.69) is 35.0 Å². The summed E-state index contributed by atoms with van der Waals surface area (Å²) in [7, 11) is 1.76. The molecule has 2 aromatic rings. The number of rotatable bonds is 2. The van der Waals surface area contributed by atoms with Gasteiger partial charge in [-0.25, -0.2) is 0 Å². The van der Waals surface area contributed by atoms with E-state index in [9.17, 15) is 0 Å². The SMILES string of the molecule is Br.CC[C@H]1C[C@@H]2C[C@H]3c4[nH]c5ccc(OC)cc5c4CC[N@@](C2)[C@@H]13. The van der Waals surface area contributed by atoms with Crippen LogP contribution in [0.1, 0.15) is 43.4 Å². The molecule has 6 rings (SSSR count). The minimum atomic E-state index is 0. The van der Waals surface area contributed by atoms with Gasteiger partial charge in [-0.1, -0.05) is 13.3 Å². The third-order valence-corrected chi connectivity index (χ3v) is 6.72. The third kappa shape index (κ3) is 2.26. The Hall–Kier alpha value is -1.00. The van der Waals surface area contributed by atoms with Crippen molar-refractivity contribution < 1.29 is 4.74 Å². The molecule has 1 aliphatic carbocycles. The van der Waals surface area contributed by atoms with Crippen molar-refractivity contribution in [2.24, 2.45) is 11.8 Å². The predicted octanol–water partition coefficient (Wildman–Crippen LogP) is 4.51. The monoisotopic (exact) mass is 390 g/mol. The fourth-order valence-corrected chi connectivity index (χ4v) is 5.80. The van der Waals surface area contributed by atoms with Crippen molar-refractivity contribution in [1.29, 1.82) is 0 Å². The lowest BCUT2D eigenvalue weighted by Gasteiger charge is -2.53. The Morgan fingerprint density at radius 1 is 1.29 bits per heavy atom. The Morgan fingerprint density at radius 3 is 2.96 bits per heavy atom. The van der Waals surface area contributed by atoms with Gasteiger partial charge in [0.1, 0.15) is 5.75 Å². The van der Waals surface area contributed by atoms with Gasteiger partial charge in [0.2, 0.25) is 0 Å². The number of benzene rings is 1. The second kappa shape index (κ2) is 6.06. The molecular weight excluding hydrogens is 364 g/mol. The number of aromatic amines is 1. The summed E-state index contributed by atoms with van der Waals surface area (Å²) in [6.45, 7) is 4.95. The fourth-order valence-electron chi connectivity index (χ4n) is 5.80. The normalized spacial score (nSPS) is 33.7. The van der Waals surface area contributed by atoms with Crippen LogP contribution in [0.3, 0.4) is 0 Å². The Bertz CT molecular complexity index is 755. The molecule has 2 saturated heterocycles. The number of piperidine rings is 2. The van der Waals surface area contributed by atoms with E-state index in [1.165, 1.54) is 49.7 Å². The average Bonchev–Trinajstić information content (AvgIpc) is 2.92. The summed E-state index contributed by atoms with van der Waals surface area (Å²) in [4.78, 5) is 6.63. The van der Waals surface area contributed by atoms with E-state index < -0.39 is 0 Å². The predicted molar refractivity (Wildman–Crippen MR) is 103 cm³/mol. The summed E-state index contributed by atoms with van der Waals surface area (Å²) in [6.07, 6.45) is 5.35. The van der Waals surface area contributed by atoms with E-state index in [1.807, 2.05) is 0 Å². The molecule has 1 N–H and O–H groups in total. The van der Waals surface area contributed by atoms with Crippen molar-refractivity contribution in [3.05, 3.63) is 29.5 Å². The highest BCUT2D eigenvalue weighted by molar-refractivity contribution is 8.93. The van der Waals surface area contributed by atoms with Crippen LogP contribution in [0.25, 0.3) is 10.9 Å². The molecule has 0 spiro atoms. The van der Waals surface area contributed by atoms with Crippen molar-refractivity contribution in [1.82, 2.24) is 9.88 Å². The number of H-pyrrole nitrogens is 1. The van der Waals surface area contributed by atoms with Gasteiger partial charge in [-0.2, -0.15) is 0 Å². The van der Waals surface area contributed by atoms with Crippen molar-refractivity contribution >= 4 is 27.9 Å². The van der Waals surface area contributed by atoms with Gasteiger partial charge >= 0.3 is 0 Å². The van der Waals surface area contributed by atoms with Gasteiger partial charge in [-0.15, -0.1) is 17.0 Å². The van der Waals surface area contributed by atoms with Crippen LogP contribution in [-0.2, 0) is 6.42 Å². The van der Waals surface area contributed by atoms with E-state index >= 15 is 0 Å². The minimum Gasteiger partial charge on any atom is -0.497 e. The molecule has 0 unspecified atom stereocenters. The summed E-state index contributed by atoms with van der Waals surface area (Å²) in [5.74, 6) is 3.48. The molecule has 5 atom stereocenters. The van der Waals surface area contributed by atoms with Gasteiger partial charge in [0, 0.05) is 41.6 Å². The molecule has 1 saturated carbocycles. The van der Waals surface area contributed by atoms with Crippen LogP contribution in [0.4, 0.5) is 0 Å². The van der Waals surface area contributed by atoms with E-state index in [4.69, 9.17) is 4.74 Å². The van der Waals surface area contributed by atoms with E-state index in [1.54, 1.807) is 18.4 Å². The average molecular weight is 391 g/mol. The van der Waals surface area contributed by atoms with Crippen LogP contribution in [-0.4, -0.2) is 36.1 Å². The largest absolute Gasteiger partial charge is 0.497 e. The van der Waals surface area contributed by atoms with Crippen LogP contribution in [0.2, 0.25) is 0 Å². The number of ether oxygens (including phenoxy) is 1. The minimum absolute atomic E-state index is 0. The molecule has 24 heavy (non-hydrogen) atoms. The van der Waals surface area contributed by atoms with Crippen molar-refractivity contribution in [2.45, 2.75) is 44.6 Å². The first-order valence-corrected chi connectivity index (χ1v) is 9.21. The summed E-state index contributed by atoms with van der Waals surface area (Å²) >= 11 is 0. The Labute approximate surface area is 154 Å². The maximum Gasteiger partial charge on any atom is 0.119 e. The standard InChI is InChI=1S/C20H26N2O.BrH/c1-3-13-8-12-9-17-19-15(6-7-22(11-12)20(13)17)16-10-14(23-2)4-5-18(16)21-19;/h4-5,10,12-13,17,20-21H,3,6-9,11H2,1-2H3;1H/t12-,13+,17+,20+;/m1./s1. The molecule has 0 amide bonds. The first-order chi connectivity index (χ1) is 11.3. The van der Waals surface area contributed by atoms with E-state index in [0.29, 0.717) is 5.92 Å². The number of fused-ring (bicyclic) bond motifs is 4. The zero-order chi connectivity index (χ0) is 15.6. The molecule has 1 aromatic carbocycles. The lowest BCUT2D eigenvalue weighted by atomic mass is 9.65. The zero-order valence-corrected chi connectivity index (χ0v) is 16.3. The van der Waals surface area contributed by atoms with E-state index in [-0.39, 0.29) is 17.0 Å². The van der Waals surface area contributed by atoms with Gasteiger partial charge in [0.05, 0.1) is 7.11 Å². The quantitative estimate of drug-likeness (QED) is 0.816. The number of hydrogen-bond donors (Lipinski definition) is 1. The smallest absolute Gasteiger partial charge is 0.119 e. The summed E-state index contributed by atoms with van der Waals surface area (Å²) in [5.41, 5.74) is 4.40. The molecule has 3 fully saturated rings. The first kappa shape index (κ1) is 16.5. The zero-order valence-electron chi connectivity index (χ0n) is 14.5. The molecule has 4 bridgehead atoms. The lowest BCUT2D eigenvalue weighted by molar-refractivity contribution is -0.0134. The van der Waals surface area contributed by atoms with Crippen LogP contribution in [0.15, 0.2) is 18.2 Å². The number of hydrogen-bond acceptors (Lipinski definition) is 2. The fraction of sp³-hybridized carbons (Fsp3) is 0.600.